The second kappa shape index (κ2) is 9.69. The van der Waals surface area contributed by atoms with Gasteiger partial charge in [0.2, 0.25) is 5.95 Å². The lowest BCUT2D eigenvalue weighted by atomic mass is 10.1. The van der Waals surface area contributed by atoms with Crippen molar-refractivity contribution in [3.05, 3.63) is 71.8 Å². The molecular formula is C22H26N4O. The fourth-order valence-electron chi connectivity index (χ4n) is 2.69. The molecular weight excluding hydrogens is 336 g/mol. The van der Waals surface area contributed by atoms with Crippen molar-refractivity contribution in [3.63, 3.8) is 0 Å². The van der Waals surface area contributed by atoms with Crippen LogP contribution < -0.4 is 10.6 Å². The highest BCUT2D eigenvalue weighted by atomic mass is 16.5. The third kappa shape index (κ3) is 5.79. The second-order valence-electron chi connectivity index (χ2n) is 6.44. The minimum absolute atomic E-state index is 0.617. The summed E-state index contributed by atoms with van der Waals surface area (Å²) in [7, 11) is 1.71. The Morgan fingerprint density at radius 1 is 0.926 bits per heavy atom. The van der Waals surface area contributed by atoms with Gasteiger partial charge in [0.1, 0.15) is 5.82 Å². The van der Waals surface area contributed by atoms with Gasteiger partial charge in [0.15, 0.2) is 0 Å². The molecule has 0 saturated carbocycles. The molecule has 0 aliphatic rings. The van der Waals surface area contributed by atoms with E-state index in [1.165, 1.54) is 11.1 Å². The average Bonchev–Trinajstić information content (AvgIpc) is 2.71. The molecule has 0 aliphatic carbocycles. The average molecular weight is 362 g/mol. The third-order valence-electron chi connectivity index (χ3n) is 4.20. The van der Waals surface area contributed by atoms with E-state index in [2.05, 4.69) is 58.9 Å². The Morgan fingerprint density at radius 2 is 1.70 bits per heavy atom. The Balaban J connectivity index is 1.77. The van der Waals surface area contributed by atoms with Crippen LogP contribution in [0.5, 0.6) is 0 Å². The van der Waals surface area contributed by atoms with Crippen molar-refractivity contribution in [1.82, 2.24) is 9.97 Å². The van der Waals surface area contributed by atoms with E-state index < -0.39 is 0 Å². The summed E-state index contributed by atoms with van der Waals surface area (Å²) in [5.41, 5.74) is 4.41. The first-order valence-corrected chi connectivity index (χ1v) is 9.21. The Labute approximate surface area is 160 Å². The van der Waals surface area contributed by atoms with E-state index in [1.54, 1.807) is 7.11 Å². The number of nitrogens with zero attached hydrogens (tertiary/aromatic N) is 2. The van der Waals surface area contributed by atoms with Gasteiger partial charge in [0.05, 0.1) is 5.69 Å². The van der Waals surface area contributed by atoms with E-state index >= 15 is 0 Å². The first-order valence-electron chi connectivity index (χ1n) is 9.21. The largest absolute Gasteiger partial charge is 0.385 e. The number of anilines is 2. The number of methoxy groups -OCH3 is 1. The fraction of sp³-hybridized carbons (Fsp3) is 0.273. The molecule has 5 nitrogen and oxygen atoms in total. The first-order chi connectivity index (χ1) is 13.2. The number of aromatic nitrogens is 2. The van der Waals surface area contributed by atoms with Gasteiger partial charge >= 0.3 is 0 Å². The Morgan fingerprint density at radius 3 is 2.44 bits per heavy atom. The maximum absolute atomic E-state index is 5.11. The second-order valence-corrected chi connectivity index (χ2v) is 6.44. The van der Waals surface area contributed by atoms with Crippen molar-refractivity contribution in [3.8, 4) is 11.3 Å². The molecule has 1 heterocycles. The lowest BCUT2D eigenvalue weighted by Gasteiger charge is -2.12. The number of aryl methyl sites for hydroxylation is 1. The van der Waals surface area contributed by atoms with Gasteiger partial charge < -0.3 is 15.4 Å². The molecule has 0 aliphatic heterocycles. The van der Waals surface area contributed by atoms with Crippen molar-refractivity contribution in [1.29, 1.82) is 0 Å². The molecule has 0 unspecified atom stereocenters. The monoisotopic (exact) mass is 362 g/mol. The van der Waals surface area contributed by atoms with Crippen molar-refractivity contribution in [2.45, 2.75) is 19.9 Å². The Hall–Kier alpha value is -2.92. The standard InChI is InChI=1S/C22H26N4O/c1-17-9-11-18(12-10-17)16-24-22-25-20(19-7-4-3-5-8-19)15-21(26-22)23-13-6-14-27-2/h3-5,7-12,15H,6,13-14,16H2,1-2H3,(H2,23,24,25,26). The van der Waals surface area contributed by atoms with Gasteiger partial charge in [0.25, 0.3) is 0 Å². The van der Waals surface area contributed by atoms with Gasteiger partial charge in [-0.3, -0.25) is 0 Å². The molecule has 0 radical (unpaired) electrons. The molecule has 2 N–H and O–H groups in total. The summed E-state index contributed by atoms with van der Waals surface area (Å²) in [6.07, 6.45) is 0.924. The minimum Gasteiger partial charge on any atom is -0.385 e. The van der Waals surface area contributed by atoms with Crippen molar-refractivity contribution in [2.75, 3.05) is 30.9 Å². The van der Waals surface area contributed by atoms with Gasteiger partial charge in [-0.15, -0.1) is 0 Å². The first kappa shape index (κ1) is 18.9. The highest BCUT2D eigenvalue weighted by molar-refractivity contribution is 5.64. The summed E-state index contributed by atoms with van der Waals surface area (Å²) in [5, 5.41) is 6.71. The van der Waals surface area contributed by atoms with Gasteiger partial charge in [0, 0.05) is 38.4 Å². The number of hydrogen-bond acceptors (Lipinski definition) is 5. The number of rotatable bonds is 9. The van der Waals surface area contributed by atoms with Crippen LogP contribution in [-0.4, -0.2) is 30.2 Å². The summed E-state index contributed by atoms with van der Waals surface area (Å²) < 4.78 is 5.11. The van der Waals surface area contributed by atoms with Crippen LogP contribution in [0.3, 0.4) is 0 Å². The molecule has 27 heavy (non-hydrogen) atoms. The van der Waals surface area contributed by atoms with E-state index in [0.29, 0.717) is 12.5 Å². The molecule has 0 spiro atoms. The molecule has 3 aromatic rings. The van der Waals surface area contributed by atoms with E-state index in [4.69, 9.17) is 9.72 Å². The van der Waals surface area contributed by atoms with Crippen molar-refractivity contribution < 1.29 is 4.74 Å². The van der Waals surface area contributed by atoms with E-state index in [1.807, 2.05) is 24.3 Å². The number of benzene rings is 2. The lowest BCUT2D eigenvalue weighted by molar-refractivity contribution is 0.198. The molecule has 0 saturated heterocycles. The summed E-state index contributed by atoms with van der Waals surface area (Å²) >= 11 is 0. The van der Waals surface area contributed by atoms with Crippen LogP contribution in [0.15, 0.2) is 60.7 Å². The SMILES string of the molecule is COCCCNc1cc(-c2ccccc2)nc(NCc2ccc(C)cc2)n1. The Kier molecular flexibility index (Phi) is 6.77. The molecule has 0 amide bonds. The summed E-state index contributed by atoms with van der Waals surface area (Å²) in [6.45, 7) is 4.30. The molecule has 5 heteroatoms. The maximum atomic E-state index is 5.11. The van der Waals surface area contributed by atoms with Crippen molar-refractivity contribution >= 4 is 11.8 Å². The number of nitrogens with one attached hydrogen (secondary N) is 2. The van der Waals surface area contributed by atoms with Crippen LogP contribution in [0.25, 0.3) is 11.3 Å². The Bertz CT molecular complexity index is 835. The van der Waals surface area contributed by atoms with E-state index in [-0.39, 0.29) is 0 Å². The third-order valence-corrected chi connectivity index (χ3v) is 4.20. The van der Waals surface area contributed by atoms with Crippen LogP contribution in [0, 0.1) is 6.92 Å². The van der Waals surface area contributed by atoms with Crippen LogP contribution in [0.2, 0.25) is 0 Å². The number of ether oxygens (including phenoxy) is 1. The highest BCUT2D eigenvalue weighted by Crippen LogP contribution is 2.21. The summed E-state index contributed by atoms with van der Waals surface area (Å²) in [4.78, 5) is 9.31. The lowest BCUT2D eigenvalue weighted by Crippen LogP contribution is -2.10. The zero-order valence-electron chi connectivity index (χ0n) is 15.9. The van der Waals surface area contributed by atoms with Gasteiger partial charge in [-0.1, -0.05) is 60.2 Å². The molecule has 1 aromatic heterocycles. The summed E-state index contributed by atoms with van der Waals surface area (Å²) in [5.74, 6) is 1.43. The molecule has 2 aromatic carbocycles. The van der Waals surface area contributed by atoms with Gasteiger partial charge in [-0.05, 0) is 18.9 Å². The maximum Gasteiger partial charge on any atom is 0.225 e. The smallest absolute Gasteiger partial charge is 0.225 e. The topological polar surface area (TPSA) is 59.1 Å². The summed E-state index contributed by atoms with van der Waals surface area (Å²) in [6, 6.07) is 20.6. The fourth-order valence-corrected chi connectivity index (χ4v) is 2.69. The van der Waals surface area contributed by atoms with Crippen LogP contribution in [0.1, 0.15) is 17.5 Å². The predicted molar refractivity (Wildman–Crippen MR) is 111 cm³/mol. The quantitative estimate of drug-likeness (QED) is 0.548. The van der Waals surface area contributed by atoms with Crippen LogP contribution in [0.4, 0.5) is 11.8 Å². The van der Waals surface area contributed by atoms with Crippen LogP contribution in [-0.2, 0) is 11.3 Å². The van der Waals surface area contributed by atoms with E-state index in [9.17, 15) is 0 Å². The molecule has 0 atom stereocenters. The predicted octanol–water partition coefficient (Wildman–Crippen LogP) is 4.51. The molecule has 3 rings (SSSR count). The van der Waals surface area contributed by atoms with Crippen LogP contribution >= 0.6 is 0 Å². The van der Waals surface area contributed by atoms with Crippen molar-refractivity contribution in [2.24, 2.45) is 0 Å². The molecule has 0 bridgehead atoms. The zero-order chi connectivity index (χ0) is 18.9. The normalized spacial score (nSPS) is 10.6. The molecule has 140 valence electrons. The highest BCUT2D eigenvalue weighted by Gasteiger charge is 2.07. The van der Waals surface area contributed by atoms with E-state index in [0.717, 1.165) is 36.6 Å². The molecule has 0 fully saturated rings. The number of hydrogen-bond donors (Lipinski definition) is 2. The zero-order valence-corrected chi connectivity index (χ0v) is 15.9. The minimum atomic E-state index is 0.617. The van der Waals surface area contributed by atoms with Gasteiger partial charge in [-0.2, -0.15) is 4.98 Å². The van der Waals surface area contributed by atoms with Gasteiger partial charge in [-0.25, -0.2) is 4.98 Å².